The lowest BCUT2D eigenvalue weighted by Crippen LogP contribution is -2.34. The number of benzene rings is 1. The Bertz CT molecular complexity index is 1640. The molecule has 1 aliphatic rings. The second kappa shape index (κ2) is 13.0. The first-order chi connectivity index (χ1) is 19.6. The van der Waals surface area contributed by atoms with E-state index in [1.54, 1.807) is 24.4 Å². The molecule has 0 radical (unpaired) electrons. The van der Waals surface area contributed by atoms with Crippen LogP contribution in [0.2, 0.25) is 0 Å². The number of aliphatic carboxylic acids is 1. The number of hydrogen-bond donors (Lipinski definition) is 2. The summed E-state index contributed by atoms with van der Waals surface area (Å²) in [7, 11) is 0. The van der Waals surface area contributed by atoms with Crippen LogP contribution in [0.1, 0.15) is 68.8 Å². The lowest BCUT2D eigenvalue weighted by Gasteiger charge is -2.23. The maximum atomic E-state index is 13.7. The third kappa shape index (κ3) is 6.59. The van der Waals surface area contributed by atoms with Gasteiger partial charge in [0.15, 0.2) is 0 Å². The van der Waals surface area contributed by atoms with Crippen molar-refractivity contribution in [2.24, 2.45) is 11.7 Å². The lowest BCUT2D eigenvalue weighted by atomic mass is 9.95. The molecule has 3 N–H and O–H groups in total. The number of carboxylic acid groups (broad SMARTS) is 1. The third-order valence-electron chi connectivity index (χ3n) is 7.26. The van der Waals surface area contributed by atoms with Gasteiger partial charge in [0.25, 0.3) is 0 Å². The van der Waals surface area contributed by atoms with Crippen molar-refractivity contribution in [1.29, 1.82) is 10.5 Å². The number of carboxylic acids is 1. The predicted octanol–water partition coefficient (Wildman–Crippen LogP) is 6.10. The molecular formula is C30H32FN7O2S. The largest absolute Gasteiger partial charge is 0.480 e. The molecule has 212 valence electrons. The van der Waals surface area contributed by atoms with Crippen LogP contribution in [0.3, 0.4) is 0 Å². The highest BCUT2D eigenvalue weighted by Crippen LogP contribution is 2.38. The minimum absolute atomic E-state index is 0.0208. The summed E-state index contributed by atoms with van der Waals surface area (Å²) in [6, 6.07) is 10.1. The molecule has 1 aromatic carbocycles. The van der Waals surface area contributed by atoms with Crippen molar-refractivity contribution < 1.29 is 14.3 Å². The minimum atomic E-state index is -0.931. The fourth-order valence-corrected chi connectivity index (χ4v) is 5.95. The molecule has 11 heteroatoms. The number of fused-ring (bicyclic) bond motifs is 1. The maximum Gasteiger partial charge on any atom is 0.320 e. The molecule has 0 amide bonds. The normalized spacial score (nSPS) is 14.2. The molecule has 0 saturated heterocycles. The molecule has 1 fully saturated rings. The molecule has 4 aromatic rings. The second-order valence-electron chi connectivity index (χ2n) is 10.4. The first-order valence-corrected chi connectivity index (χ1v) is 14.3. The van der Waals surface area contributed by atoms with Crippen molar-refractivity contribution in [1.82, 2.24) is 19.4 Å². The average Bonchev–Trinajstić information content (AvgIpc) is 3.57. The number of nitrogens with two attached hydrogens (primary N) is 1. The standard InChI is InChI=1S/C25H21FN6S.C5H11NO2/c1-16-22(14-30-32(16)21-5-3-2-4-6-21)18-10-24(25-19(12-28)13-29-31(25)15-18)33-23-8-7-20(26)9-17(23)11-27;1-3(2)4(6)5(7)8/h7-10,13-15,21H,2-6H2,1H3;3-4H,6H2,1-2H3,(H,7,8). The van der Waals surface area contributed by atoms with Crippen molar-refractivity contribution in [2.45, 2.75) is 74.7 Å². The van der Waals surface area contributed by atoms with Crippen LogP contribution in [0.4, 0.5) is 4.39 Å². The second-order valence-corrected chi connectivity index (χ2v) is 11.5. The molecule has 1 unspecified atom stereocenters. The SMILES string of the molecule is CC(C)C(N)C(=O)O.Cc1c(-c2cc(Sc3ccc(F)cc3C#N)c3c(C#N)cnn3c2)cnn1C1CCCCC1. The molecule has 0 aliphatic heterocycles. The van der Waals surface area contributed by atoms with Gasteiger partial charge in [0.05, 0.1) is 35.1 Å². The summed E-state index contributed by atoms with van der Waals surface area (Å²) < 4.78 is 17.5. The summed E-state index contributed by atoms with van der Waals surface area (Å²) >= 11 is 1.33. The van der Waals surface area contributed by atoms with Crippen LogP contribution in [0.25, 0.3) is 16.6 Å². The summed E-state index contributed by atoms with van der Waals surface area (Å²) in [5.74, 6) is -1.37. The first kappa shape index (κ1) is 29.8. The van der Waals surface area contributed by atoms with Crippen LogP contribution in [0, 0.1) is 41.3 Å². The van der Waals surface area contributed by atoms with Gasteiger partial charge >= 0.3 is 5.97 Å². The summed E-state index contributed by atoms with van der Waals surface area (Å²) in [5, 5.41) is 36.4. The number of pyridine rings is 1. The predicted molar refractivity (Wildman–Crippen MR) is 154 cm³/mol. The molecular weight excluding hydrogens is 541 g/mol. The molecule has 1 aliphatic carbocycles. The van der Waals surface area contributed by atoms with Crippen LogP contribution >= 0.6 is 11.8 Å². The molecule has 5 rings (SSSR count). The lowest BCUT2D eigenvalue weighted by molar-refractivity contribution is -0.139. The monoisotopic (exact) mass is 573 g/mol. The quantitative estimate of drug-likeness (QED) is 0.281. The van der Waals surface area contributed by atoms with Gasteiger partial charge in [-0.3, -0.25) is 9.48 Å². The molecule has 1 saturated carbocycles. The minimum Gasteiger partial charge on any atom is -0.480 e. The molecule has 1 atom stereocenters. The molecule has 0 spiro atoms. The molecule has 3 aromatic heterocycles. The van der Waals surface area contributed by atoms with E-state index in [4.69, 9.17) is 15.9 Å². The fraction of sp³-hybridized carbons (Fsp3) is 0.367. The van der Waals surface area contributed by atoms with Gasteiger partial charge in [0, 0.05) is 32.8 Å². The van der Waals surface area contributed by atoms with Gasteiger partial charge in [-0.05, 0) is 49.9 Å². The van der Waals surface area contributed by atoms with Crippen LogP contribution in [-0.2, 0) is 4.79 Å². The highest BCUT2D eigenvalue weighted by molar-refractivity contribution is 7.99. The molecule has 9 nitrogen and oxygen atoms in total. The summed E-state index contributed by atoms with van der Waals surface area (Å²) in [6.07, 6.45) is 11.4. The number of carbonyl (C=O) groups is 1. The Morgan fingerprint density at radius 1 is 1.10 bits per heavy atom. The summed E-state index contributed by atoms with van der Waals surface area (Å²) in [6.45, 7) is 5.64. The van der Waals surface area contributed by atoms with Crippen LogP contribution in [-0.4, -0.2) is 36.5 Å². The third-order valence-corrected chi connectivity index (χ3v) is 8.37. The summed E-state index contributed by atoms with van der Waals surface area (Å²) in [5.41, 5.74) is 9.56. The Labute approximate surface area is 242 Å². The van der Waals surface area contributed by atoms with Crippen LogP contribution in [0.5, 0.6) is 0 Å². The first-order valence-electron chi connectivity index (χ1n) is 13.5. The van der Waals surface area contributed by atoms with Gasteiger partial charge < -0.3 is 10.8 Å². The fourth-order valence-electron chi connectivity index (χ4n) is 4.87. The number of halogens is 1. The van der Waals surface area contributed by atoms with Crippen molar-refractivity contribution >= 4 is 23.2 Å². The van der Waals surface area contributed by atoms with Crippen molar-refractivity contribution in [3.63, 3.8) is 0 Å². The Kier molecular flexibility index (Phi) is 9.43. The van der Waals surface area contributed by atoms with Crippen molar-refractivity contribution in [2.75, 3.05) is 0 Å². The molecule has 0 bridgehead atoms. The van der Waals surface area contributed by atoms with E-state index in [1.807, 2.05) is 18.5 Å². The zero-order valence-electron chi connectivity index (χ0n) is 23.2. The van der Waals surface area contributed by atoms with Gasteiger partial charge in [0.2, 0.25) is 0 Å². The maximum absolute atomic E-state index is 13.7. The Morgan fingerprint density at radius 3 is 2.41 bits per heavy atom. The van der Waals surface area contributed by atoms with E-state index in [0.717, 1.165) is 34.6 Å². The molecule has 3 heterocycles. The highest BCUT2D eigenvalue weighted by atomic mass is 32.2. The van der Waals surface area contributed by atoms with Gasteiger partial charge in [-0.15, -0.1) is 0 Å². The summed E-state index contributed by atoms with van der Waals surface area (Å²) in [4.78, 5) is 11.4. The van der Waals surface area contributed by atoms with E-state index in [2.05, 4.69) is 28.8 Å². The zero-order chi connectivity index (χ0) is 29.7. The van der Waals surface area contributed by atoms with Crippen LogP contribution < -0.4 is 5.73 Å². The van der Waals surface area contributed by atoms with Gasteiger partial charge in [0.1, 0.15) is 24.0 Å². The number of hydrogen-bond acceptors (Lipinski definition) is 7. The number of nitriles is 2. The number of rotatable bonds is 6. The average molecular weight is 574 g/mol. The Hall–Kier alpha value is -4.19. The van der Waals surface area contributed by atoms with Gasteiger partial charge in [-0.25, -0.2) is 8.91 Å². The van der Waals surface area contributed by atoms with E-state index in [9.17, 15) is 19.7 Å². The van der Waals surface area contributed by atoms with E-state index < -0.39 is 17.8 Å². The van der Waals surface area contributed by atoms with E-state index in [0.29, 0.717) is 22.0 Å². The van der Waals surface area contributed by atoms with Crippen molar-refractivity contribution in [3.05, 3.63) is 65.5 Å². The molecule has 41 heavy (non-hydrogen) atoms. The van der Waals surface area contributed by atoms with E-state index in [1.165, 1.54) is 49.4 Å². The smallest absolute Gasteiger partial charge is 0.320 e. The van der Waals surface area contributed by atoms with Crippen LogP contribution in [0.15, 0.2) is 52.6 Å². The number of nitrogens with zero attached hydrogens (tertiary/aromatic N) is 6. The Morgan fingerprint density at radius 2 is 1.80 bits per heavy atom. The number of aromatic nitrogens is 4. The van der Waals surface area contributed by atoms with E-state index >= 15 is 0 Å². The Balaban J connectivity index is 0.000000426. The van der Waals surface area contributed by atoms with Crippen molar-refractivity contribution in [3.8, 4) is 23.3 Å². The zero-order valence-corrected chi connectivity index (χ0v) is 24.0. The topological polar surface area (TPSA) is 146 Å². The van der Waals surface area contributed by atoms with E-state index in [-0.39, 0.29) is 11.5 Å². The van der Waals surface area contributed by atoms with Gasteiger partial charge in [-0.1, -0.05) is 44.9 Å². The van der Waals surface area contributed by atoms with Gasteiger partial charge in [-0.2, -0.15) is 20.7 Å². The highest BCUT2D eigenvalue weighted by Gasteiger charge is 2.21.